The summed E-state index contributed by atoms with van der Waals surface area (Å²) >= 11 is 0. The van der Waals surface area contributed by atoms with E-state index in [1.807, 2.05) is 7.05 Å². The molecule has 1 N–H and O–H groups in total. The highest BCUT2D eigenvalue weighted by Crippen LogP contribution is 2.11. The van der Waals surface area contributed by atoms with Gasteiger partial charge in [-0.15, -0.1) is 0 Å². The van der Waals surface area contributed by atoms with Crippen molar-refractivity contribution < 1.29 is 0 Å². The van der Waals surface area contributed by atoms with E-state index >= 15 is 0 Å². The van der Waals surface area contributed by atoms with Crippen LogP contribution in [-0.2, 0) is 20.0 Å². The van der Waals surface area contributed by atoms with Crippen LogP contribution in [0.5, 0.6) is 0 Å². The summed E-state index contributed by atoms with van der Waals surface area (Å²) in [6, 6.07) is 0. The summed E-state index contributed by atoms with van der Waals surface area (Å²) in [5.74, 6) is 0. The quantitative estimate of drug-likeness (QED) is 0.576. The highest BCUT2D eigenvalue weighted by atomic mass is 16.1. The monoisotopic (exact) mass is 167 g/mol. The van der Waals surface area contributed by atoms with Gasteiger partial charge in [-0.3, -0.25) is 14.6 Å². The van der Waals surface area contributed by atoms with Crippen molar-refractivity contribution in [3.8, 4) is 0 Å². The number of rotatable bonds is 0. The lowest BCUT2D eigenvalue weighted by atomic mass is 10.1. The summed E-state index contributed by atoms with van der Waals surface area (Å²) in [5.41, 5.74) is 2.17. The molecule has 0 aromatic carbocycles. The minimum atomic E-state index is 0.122. The van der Waals surface area contributed by atoms with Gasteiger partial charge in [-0.05, 0) is 7.05 Å². The van der Waals surface area contributed by atoms with Crippen molar-refractivity contribution in [1.29, 1.82) is 0 Å². The minimum absolute atomic E-state index is 0.122. The number of likely N-dealkylation sites (N-methyl/N-ethyl adjacent to an activating group) is 1. The Balaban J connectivity index is 2.51. The Labute approximate surface area is 70.8 Å². The van der Waals surface area contributed by atoms with Crippen LogP contribution in [0.4, 0.5) is 0 Å². The fourth-order valence-electron chi connectivity index (χ4n) is 1.67. The highest BCUT2D eigenvalue weighted by molar-refractivity contribution is 5.19. The minimum Gasteiger partial charge on any atom is -0.301 e. The summed E-state index contributed by atoms with van der Waals surface area (Å²) in [4.78, 5) is 13.6. The molecular formula is C8H13N3O. The first-order chi connectivity index (χ1) is 5.68. The first-order valence-electron chi connectivity index (χ1n) is 4.14. The van der Waals surface area contributed by atoms with Crippen molar-refractivity contribution in [2.75, 3.05) is 13.6 Å². The molecule has 2 heterocycles. The molecule has 1 aromatic heterocycles. The van der Waals surface area contributed by atoms with E-state index in [0.717, 1.165) is 30.8 Å². The summed E-state index contributed by atoms with van der Waals surface area (Å²) in [5, 5.41) is 3.06. The van der Waals surface area contributed by atoms with Crippen molar-refractivity contribution in [2.45, 2.75) is 13.0 Å². The molecule has 1 aromatic rings. The number of nitrogens with zero attached hydrogens (tertiary/aromatic N) is 2. The van der Waals surface area contributed by atoms with Crippen LogP contribution >= 0.6 is 0 Å². The van der Waals surface area contributed by atoms with E-state index in [-0.39, 0.29) is 5.56 Å². The fourth-order valence-corrected chi connectivity index (χ4v) is 1.67. The molecule has 1 aliphatic rings. The molecule has 4 heteroatoms. The third-order valence-electron chi connectivity index (χ3n) is 2.40. The van der Waals surface area contributed by atoms with Gasteiger partial charge < -0.3 is 4.90 Å². The normalized spacial score (nSPS) is 17.8. The topological polar surface area (TPSA) is 41.0 Å². The molecule has 0 amide bonds. The van der Waals surface area contributed by atoms with Gasteiger partial charge in [-0.2, -0.15) is 0 Å². The second-order valence-corrected chi connectivity index (χ2v) is 3.42. The van der Waals surface area contributed by atoms with Crippen LogP contribution in [0.2, 0.25) is 0 Å². The lowest BCUT2D eigenvalue weighted by molar-refractivity contribution is 0.311. The van der Waals surface area contributed by atoms with Crippen LogP contribution in [0.3, 0.4) is 0 Å². The maximum atomic E-state index is 11.5. The number of aromatic amines is 1. The first kappa shape index (κ1) is 7.61. The molecule has 0 bridgehead atoms. The van der Waals surface area contributed by atoms with E-state index < -0.39 is 0 Å². The van der Waals surface area contributed by atoms with Gasteiger partial charge in [0, 0.05) is 32.3 Å². The lowest BCUT2D eigenvalue weighted by Crippen LogP contribution is -2.29. The summed E-state index contributed by atoms with van der Waals surface area (Å²) in [7, 11) is 3.80. The van der Waals surface area contributed by atoms with Crippen molar-refractivity contribution in [2.24, 2.45) is 7.05 Å². The van der Waals surface area contributed by atoms with Crippen LogP contribution in [0.1, 0.15) is 11.3 Å². The maximum absolute atomic E-state index is 11.5. The van der Waals surface area contributed by atoms with E-state index in [1.54, 1.807) is 11.7 Å². The second kappa shape index (κ2) is 2.48. The zero-order valence-electron chi connectivity index (χ0n) is 7.42. The molecule has 66 valence electrons. The Hall–Kier alpha value is -1.03. The number of H-pyrrole nitrogens is 1. The number of fused-ring (bicyclic) bond motifs is 1. The van der Waals surface area contributed by atoms with Crippen molar-refractivity contribution in [3.05, 3.63) is 21.6 Å². The van der Waals surface area contributed by atoms with E-state index in [9.17, 15) is 4.79 Å². The average molecular weight is 167 g/mol. The molecule has 0 spiro atoms. The number of aryl methyl sites for hydroxylation is 1. The molecule has 0 unspecified atom stereocenters. The molecule has 0 fully saturated rings. The van der Waals surface area contributed by atoms with Gasteiger partial charge in [0.1, 0.15) is 0 Å². The van der Waals surface area contributed by atoms with E-state index in [2.05, 4.69) is 10.00 Å². The van der Waals surface area contributed by atoms with Crippen LogP contribution < -0.4 is 5.56 Å². The number of hydrogen-bond acceptors (Lipinski definition) is 2. The predicted octanol–water partition coefficient (Wildman–Crippen LogP) is -0.299. The maximum Gasteiger partial charge on any atom is 0.270 e. The summed E-state index contributed by atoms with van der Waals surface area (Å²) in [6.45, 7) is 1.82. The third kappa shape index (κ3) is 0.992. The summed E-state index contributed by atoms with van der Waals surface area (Å²) in [6.07, 6.45) is 0.960. The Morgan fingerprint density at radius 2 is 2.17 bits per heavy atom. The van der Waals surface area contributed by atoms with Gasteiger partial charge in [0.25, 0.3) is 5.56 Å². The number of hydrogen-bond donors (Lipinski definition) is 1. The van der Waals surface area contributed by atoms with Gasteiger partial charge in [0.05, 0.1) is 5.56 Å². The van der Waals surface area contributed by atoms with Crippen LogP contribution in [0.25, 0.3) is 0 Å². The van der Waals surface area contributed by atoms with Gasteiger partial charge in [-0.25, -0.2) is 0 Å². The van der Waals surface area contributed by atoms with Crippen molar-refractivity contribution >= 4 is 0 Å². The van der Waals surface area contributed by atoms with Gasteiger partial charge >= 0.3 is 0 Å². The Bertz CT molecular complexity index is 350. The Morgan fingerprint density at radius 3 is 2.92 bits per heavy atom. The SMILES string of the molecule is CN1CCc2[nH]n(C)c(=O)c2C1. The molecule has 12 heavy (non-hydrogen) atoms. The van der Waals surface area contributed by atoms with E-state index in [4.69, 9.17) is 0 Å². The van der Waals surface area contributed by atoms with Crippen molar-refractivity contribution in [1.82, 2.24) is 14.7 Å². The lowest BCUT2D eigenvalue weighted by Gasteiger charge is -2.20. The zero-order chi connectivity index (χ0) is 8.72. The molecule has 0 aliphatic carbocycles. The predicted molar refractivity (Wildman–Crippen MR) is 46.1 cm³/mol. The molecule has 4 nitrogen and oxygen atoms in total. The second-order valence-electron chi connectivity index (χ2n) is 3.42. The van der Waals surface area contributed by atoms with E-state index in [1.165, 1.54) is 0 Å². The molecule has 2 rings (SSSR count). The first-order valence-corrected chi connectivity index (χ1v) is 4.14. The fraction of sp³-hybridized carbons (Fsp3) is 0.625. The molecule has 1 aliphatic heterocycles. The average Bonchev–Trinajstić information content (AvgIpc) is 2.31. The third-order valence-corrected chi connectivity index (χ3v) is 2.40. The standard InChI is InChI=1S/C8H13N3O/c1-10-4-3-7-6(5-10)8(12)11(2)9-7/h9H,3-5H2,1-2H3. The molecule has 0 saturated heterocycles. The van der Waals surface area contributed by atoms with Gasteiger partial charge in [0.2, 0.25) is 0 Å². The van der Waals surface area contributed by atoms with E-state index in [0.29, 0.717) is 0 Å². The molecule has 0 atom stereocenters. The highest BCUT2D eigenvalue weighted by Gasteiger charge is 2.18. The van der Waals surface area contributed by atoms with Crippen molar-refractivity contribution in [3.63, 3.8) is 0 Å². The number of aromatic nitrogens is 2. The zero-order valence-corrected chi connectivity index (χ0v) is 7.42. The Morgan fingerprint density at radius 1 is 1.42 bits per heavy atom. The molecule has 0 saturated carbocycles. The van der Waals surface area contributed by atoms with Gasteiger partial charge in [0.15, 0.2) is 0 Å². The largest absolute Gasteiger partial charge is 0.301 e. The molecule has 0 radical (unpaired) electrons. The Kier molecular flexibility index (Phi) is 1.58. The summed E-state index contributed by atoms with van der Waals surface area (Å²) < 4.78 is 1.56. The van der Waals surface area contributed by atoms with Crippen LogP contribution in [-0.4, -0.2) is 28.3 Å². The number of nitrogens with one attached hydrogen (secondary N) is 1. The smallest absolute Gasteiger partial charge is 0.270 e. The van der Waals surface area contributed by atoms with Gasteiger partial charge in [-0.1, -0.05) is 0 Å². The van der Waals surface area contributed by atoms with Crippen LogP contribution in [0.15, 0.2) is 4.79 Å². The van der Waals surface area contributed by atoms with Crippen LogP contribution in [0, 0.1) is 0 Å². The molecular weight excluding hydrogens is 154 g/mol.